The molecule has 28 heavy (non-hydrogen) atoms. The highest BCUT2D eigenvalue weighted by Gasteiger charge is 2.34. The molecule has 0 unspecified atom stereocenters. The van der Waals surface area contributed by atoms with Crippen molar-refractivity contribution < 1.29 is 9.59 Å². The van der Waals surface area contributed by atoms with Crippen molar-refractivity contribution in [3.05, 3.63) is 35.8 Å². The van der Waals surface area contributed by atoms with Crippen LogP contribution >= 0.6 is 0 Å². The van der Waals surface area contributed by atoms with E-state index in [0.29, 0.717) is 13.1 Å². The highest BCUT2D eigenvalue weighted by atomic mass is 16.2. The van der Waals surface area contributed by atoms with Crippen LogP contribution in [0.1, 0.15) is 38.6 Å². The molecule has 2 amide bonds. The fraction of sp³-hybridized carbons (Fsp3) is 0.571. The van der Waals surface area contributed by atoms with Crippen LogP contribution in [-0.2, 0) is 16.1 Å². The molecule has 1 fully saturated rings. The number of nitrogens with zero attached hydrogens (tertiary/aromatic N) is 4. The molecular formula is C21H31N5O2. The Hall–Kier alpha value is -2.41. The molecule has 1 aliphatic rings. The maximum atomic E-state index is 12.9. The molecule has 3 rings (SSSR count). The van der Waals surface area contributed by atoms with E-state index in [4.69, 9.17) is 0 Å². The molecule has 1 N–H and O–H groups in total. The number of aromatic nitrogens is 2. The number of aryl methyl sites for hydroxylation is 1. The second-order valence-electron chi connectivity index (χ2n) is 8.86. The first kappa shape index (κ1) is 20.3. The number of nitrogens with one attached hydrogen (secondary N) is 1. The molecule has 0 aromatic carbocycles. The predicted molar refractivity (Wildman–Crippen MR) is 109 cm³/mol. The molecule has 7 heteroatoms. The van der Waals surface area contributed by atoms with Crippen molar-refractivity contribution in [2.75, 3.05) is 26.7 Å². The van der Waals surface area contributed by atoms with Crippen LogP contribution in [0, 0.1) is 12.3 Å². The third-order valence-corrected chi connectivity index (χ3v) is 5.13. The summed E-state index contributed by atoms with van der Waals surface area (Å²) in [7, 11) is 1.79. The summed E-state index contributed by atoms with van der Waals surface area (Å²) >= 11 is 0. The molecule has 0 spiro atoms. The van der Waals surface area contributed by atoms with Gasteiger partial charge in [0.1, 0.15) is 5.65 Å². The van der Waals surface area contributed by atoms with Crippen LogP contribution in [-0.4, -0.2) is 63.7 Å². The topological polar surface area (TPSA) is 69.9 Å². The summed E-state index contributed by atoms with van der Waals surface area (Å²) in [6.45, 7) is 11.1. The van der Waals surface area contributed by atoms with Crippen molar-refractivity contribution in [1.29, 1.82) is 0 Å². The number of hydrogen-bond donors (Lipinski definition) is 1. The lowest BCUT2D eigenvalue weighted by molar-refractivity contribution is -0.138. The minimum atomic E-state index is -0.411. The Balaban J connectivity index is 1.71. The van der Waals surface area contributed by atoms with E-state index in [-0.39, 0.29) is 23.7 Å². The number of imidazole rings is 1. The van der Waals surface area contributed by atoms with Crippen LogP contribution in [0.2, 0.25) is 0 Å². The standard InChI is InChI=1S/C21H31N5O2/c1-15-17(26-10-7-6-8-18(26)23-15)13-24(5)19(27)12-16-20(28)22-9-11-25(16)14-21(2,3)4/h6-8,10,16H,9,11-14H2,1-5H3,(H,22,28)/t16-/m1/s1. The molecule has 2 aromatic heterocycles. The third kappa shape index (κ3) is 4.52. The molecule has 0 radical (unpaired) electrons. The molecule has 1 saturated heterocycles. The van der Waals surface area contributed by atoms with E-state index in [2.05, 4.69) is 36.0 Å². The molecule has 2 aromatic rings. The van der Waals surface area contributed by atoms with E-state index in [9.17, 15) is 9.59 Å². The second-order valence-corrected chi connectivity index (χ2v) is 8.86. The van der Waals surface area contributed by atoms with Gasteiger partial charge in [0, 0.05) is 32.9 Å². The molecule has 1 atom stereocenters. The average molecular weight is 386 g/mol. The number of carbonyl (C=O) groups excluding carboxylic acids is 2. The van der Waals surface area contributed by atoms with Crippen LogP contribution in [0.5, 0.6) is 0 Å². The SMILES string of the molecule is Cc1nc2ccccn2c1CN(C)C(=O)C[C@@H]1C(=O)NCCN1CC(C)(C)C. The maximum Gasteiger partial charge on any atom is 0.237 e. The smallest absolute Gasteiger partial charge is 0.237 e. The monoisotopic (exact) mass is 385 g/mol. The predicted octanol–water partition coefficient (Wildman–Crippen LogP) is 1.84. The Morgan fingerprint density at radius 2 is 2.11 bits per heavy atom. The van der Waals surface area contributed by atoms with Gasteiger partial charge >= 0.3 is 0 Å². The Labute approximate surface area is 166 Å². The largest absolute Gasteiger partial charge is 0.353 e. The zero-order chi connectivity index (χ0) is 20.5. The molecule has 0 aliphatic carbocycles. The summed E-state index contributed by atoms with van der Waals surface area (Å²) < 4.78 is 2.01. The van der Waals surface area contributed by atoms with Gasteiger partial charge in [0.2, 0.25) is 11.8 Å². The molecule has 1 aliphatic heterocycles. The molecule has 0 bridgehead atoms. The fourth-order valence-corrected chi connectivity index (χ4v) is 3.77. The number of piperazine rings is 1. The molecule has 3 heterocycles. The van der Waals surface area contributed by atoms with E-state index < -0.39 is 6.04 Å². The zero-order valence-electron chi connectivity index (χ0n) is 17.5. The van der Waals surface area contributed by atoms with Crippen LogP contribution < -0.4 is 5.32 Å². The maximum absolute atomic E-state index is 12.9. The van der Waals surface area contributed by atoms with E-state index in [1.807, 2.05) is 35.7 Å². The van der Waals surface area contributed by atoms with E-state index in [0.717, 1.165) is 30.1 Å². The van der Waals surface area contributed by atoms with Crippen molar-refractivity contribution in [3.63, 3.8) is 0 Å². The van der Waals surface area contributed by atoms with Crippen molar-refractivity contribution in [2.45, 2.75) is 46.7 Å². The first-order valence-corrected chi connectivity index (χ1v) is 9.84. The molecular weight excluding hydrogens is 354 g/mol. The van der Waals surface area contributed by atoms with Gasteiger partial charge < -0.3 is 14.6 Å². The van der Waals surface area contributed by atoms with Gasteiger partial charge in [0.25, 0.3) is 0 Å². The van der Waals surface area contributed by atoms with Crippen molar-refractivity contribution >= 4 is 17.5 Å². The number of pyridine rings is 1. The Morgan fingerprint density at radius 3 is 2.82 bits per heavy atom. The molecule has 152 valence electrons. The normalized spacial score (nSPS) is 18.3. The van der Waals surface area contributed by atoms with Gasteiger partial charge in [0.15, 0.2) is 0 Å². The fourth-order valence-electron chi connectivity index (χ4n) is 3.77. The number of carbonyl (C=O) groups is 2. The van der Waals surface area contributed by atoms with Gasteiger partial charge in [-0.1, -0.05) is 26.8 Å². The van der Waals surface area contributed by atoms with Crippen LogP contribution in [0.25, 0.3) is 5.65 Å². The van der Waals surface area contributed by atoms with E-state index in [1.54, 1.807) is 11.9 Å². The van der Waals surface area contributed by atoms with Crippen molar-refractivity contribution in [1.82, 2.24) is 24.5 Å². The van der Waals surface area contributed by atoms with Crippen molar-refractivity contribution in [3.8, 4) is 0 Å². The van der Waals surface area contributed by atoms with Gasteiger partial charge in [-0.3, -0.25) is 14.5 Å². The minimum Gasteiger partial charge on any atom is -0.353 e. The van der Waals surface area contributed by atoms with Crippen LogP contribution in [0.15, 0.2) is 24.4 Å². The number of fused-ring (bicyclic) bond motifs is 1. The van der Waals surface area contributed by atoms with Crippen molar-refractivity contribution in [2.24, 2.45) is 5.41 Å². The van der Waals surface area contributed by atoms with Gasteiger partial charge in [0.05, 0.1) is 30.4 Å². The van der Waals surface area contributed by atoms with Crippen LogP contribution in [0.4, 0.5) is 0 Å². The first-order valence-electron chi connectivity index (χ1n) is 9.84. The summed E-state index contributed by atoms with van der Waals surface area (Å²) in [6.07, 6.45) is 2.15. The molecule has 7 nitrogen and oxygen atoms in total. The summed E-state index contributed by atoms with van der Waals surface area (Å²) in [5.41, 5.74) is 2.85. The lowest BCUT2D eigenvalue weighted by atomic mass is 9.94. The average Bonchev–Trinajstić information content (AvgIpc) is 2.92. The highest BCUT2D eigenvalue weighted by molar-refractivity contribution is 5.88. The Kier molecular flexibility index (Phi) is 5.74. The minimum absolute atomic E-state index is 0.0359. The van der Waals surface area contributed by atoms with E-state index >= 15 is 0 Å². The quantitative estimate of drug-likeness (QED) is 0.853. The second kappa shape index (κ2) is 7.91. The molecule has 0 saturated carbocycles. The van der Waals surface area contributed by atoms with Gasteiger partial charge in [-0.25, -0.2) is 4.98 Å². The van der Waals surface area contributed by atoms with Crippen LogP contribution in [0.3, 0.4) is 0 Å². The Bertz CT molecular complexity index is 867. The van der Waals surface area contributed by atoms with Gasteiger partial charge in [-0.05, 0) is 24.5 Å². The number of amides is 2. The summed E-state index contributed by atoms with van der Waals surface area (Å²) in [6, 6.07) is 5.45. The van der Waals surface area contributed by atoms with Gasteiger partial charge in [-0.2, -0.15) is 0 Å². The lowest BCUT2D eigenvalue weighted by Gasteiger charge is -2.39. The lowest BCUT2D eigenvalue weighted by Crippen LogP contribution is -2.58. The zero-order valence-corrected chi connectivity index (χ0v) is 17.5. The summed E-state index contributed by atoms with van der Waals surface area (Å²) in [5.74, 6) is -0.0885. The van der Waals surface area contributed by atoms with E-state index in [1.165, 1.54) is 0 Å². The Morgan fingerprint density at radius 1 is 1.36 bits per heavy atom. The highest BCUT2D eigenvalue weighted by Crippen LogP contribution is 2.21. The van der Waals surface area contributed by atoms with Gasteiger partial charge in [-0.15, -0.1) is 0 Å². The number of rotatable bonds is 5. The third-order valence-electron chi connectivity index (χ3n) is 5.13. The summed E-state index contributed by atoms with van der Waals surface area (Å²) in [4.78, 5) is 33.8. The first-order chi connectivity index (χ1) is 13.2. The number of hydrogen-bond acceptors (Lipinski definition) is 4. The summed E-state index contributed by atoms with van der Waals surface area (Å²) in [5, 5.41) is 2.91.